The summed E-state index contributed by atoms with van der Waals surface area (Å²) in [4.78, 5) is 0.913. The number of alkyl halides is 4. The number of halogens is 4. The quantitative estimate of drug-likeness (QED) is 0.205. The van der Waals surface area contributed by atoms with Crippen LogP contribution in [0.25, 0.3) is 0 Å². The van der Waals surface area contributed by atoms with Crippen molar-refractivity contribution in [3.63, 3.8) is 0 Å². The first-order valence-corrected chi connectivity index (χ1v) is 17.1. The molecule has 0 atom stereocenters. The molecule has 0 unspecified atom stereocenters. The molecule has 3 nitrogen and oxygen atoms in total. The molecule has 3 aromatic carbocycles. The number of benzene rings is 3. The van der Waals surface area contributed by atoms with Crippen LogP contribution in [0, 0.1) is 20.8 Å². The minimum absolute atomic E-state index is 0.0948. The minimum Gasteiger partial charge on any atom is -0.508 e. The summed E-state index contributed by atoms with van der Waals surface area (Å²) in [5, 5.41) is 9.46. The maximum atomic E-state index is 13.5. The number of hydrogen-bond acceptors (Lipinski definition) is 3. The molecule has 3 rings (SSSR count). The van der Waals surface area contributed by atoms with Gasteiger partial charge in [0.1, 0.15) is 5.75 Å². The van der Waals surface area contributed by atoms with E-state index in [1.54, 1.807) is 6.07 Å². The molecule has 0 spiro atoms. The second-order valence-electron chi connectivity index (χ2n) is 8.31. The van der Waals surface area contributed by atoms with Crippen molar-refractivity contribution in [1.29, 1.82) is 0 Å². The molecule has 0 aromatic heterocycles. The van der Waals surface area contributed by atoms with Crippen LogP contribution in [0.2, 0.25) is 0 Å². The minimum atomic E-state index is -3.57. The van der Waals surface area contributed by atoms with Crippen LogP contribution in [0.15, 0.2) is 64.4 Å². The van der Waals surface area contributed by atoms with E-state index >= 15 is 0 Å². The van der Waals surface area contributed by atoms with Gasteiger partial charge in [-0.1, -0.05) is 153 Å². The fourth-order valence-corrected chi connectivity index (χ4v) is 8.77. The molecule has 34 heavy (non-hydrogen) atoms. The van der Waals surface area contributed by atoms with Gasteiger partial charge in [0.25, 0.3) is 0 Å². The first-order chi connectivity index (χ1) is 15.8. The van der Waals surface area contributed by atoms with E-state index in [0.29, 0.717) is 21.5 Å². The smallest absolute Gasteiger partial charge is 0.207 e. The lowest BCUT2D eigenvalue weighted by Gasteiger charge is -2.19. The average molecular weight is 928 g/mol. The van der Waals surface area contributed by atoms with E-state index < -0.39 is 9.84 Å². The van der Waals surface area contributed by atoms with Gasteiger partial charge < -0.3 is 5.11 Å². The molecule has 0 saturated heterocycles. The van der Waals surface area contributed by atoms with Gasteiger partial charge in [-0.2, -0.15) is 0 Å². The Morgan fingerprint density at radius 3 is 1.50 bits per heavy atom. The second-order valence-corrected chi connectivity index (χ2v) is 19.9. The molecule has 0 fully saturated rings. The number of sulfone groups is 1. The predicted molar refractivity (Wildman–Crippen MR) is 176 cm³/mol. The van der Waals surface area contributed by atoms with Crippen LogP contribution in [0.3, 0.4) is 0 Å². The number of aromatic hydroxyl groups is 1. The maximum Gasteiger partial charge on any atom is 0.207 e. The molecule has 0 aliphatic heterocycles. The summed E-state index contributed by atoms with van der Waals surface area (Å²) in [5.74, 6) is 0.815. The molecule has 0 aliphatic carbocycles. The fraction of sp³-hybridized carbons (Fsp3) is 0.308. The van der Waals surface area contributed by atoms with Gasteiger partial charge in [0.05, 0.1) is 13.7 Å². The molecule has 8 heteroatoms. The first kappa shape index (κ1) is 30.6. The van der Waals surface area contributed by atoms with Crippen molar-refractivity contribution >= 4 is 100 Å². The van der Waals surface area contributed by atoms with Crippen LogP contribution in [0.5, 0.6) is 5.75 Å². The molecular weight excluding hydrogens is 900 g/mol. The highest BCUT2D eigenvalue weighted by Gasteiger charge is 2.30. The van der Waals surface area contributed by atoms with Gasteiger partial charge in [-0.15, -0.1) is 0 Å². The van der Waals surface area contributed by atoms with Crippen molar-refractivity contribution in [1.82, 2.24) is 0 Å². The average Bonchev–Trinajstić information content (AvgIpc) is 2.73. The Labute approximate surface area is 258 Å². The number of phenols is 1. The summed E-state index contributed by atoms with van der Waals surface area (Å²) in [6, 6.07) is 17.2. The Bertz CT molecular complexity index is 1190. The van der Waals surface area contributed by atoms with Crippen LogP contribution in [0.4, 0.5) is 0 Å². The fourth-order valence-electron chi connectivity index (χ4n) is 3.67. The lowest BCUT2D eigenvalue weighted by molar-refractivity contribution is 0.464. The van der Waals surface area contributed by atoms with E-state index in [4.69, 9.17) is 0 Å². The summed E-state index contributed by atoms with van der Waals surface area (Å²) in [5.41, 5.74) is 5.45. The zero-order valence-corrected chi connectivity index (χ0v) is 29.1. The number of hydrogen-bond donors (Lipinski definition) is 1. The SMILES string of the molecule is Cc1ccc(C(C)C)c(O)c1.Cc1cccc(C(I)I)c1S(=O)(=O)c1c(C)cccc1C(I)I. The van der Waals surface area contributed by atoms with Crippen molar-refractivity contribution < 1.29 is 13.5 Å². The molecule has 0 amide bonds. The van der Waals surface area contributed by atoms with Gasteiger partial charge in [-0.25, -0.2) is 8.42 Å². The van der Waals surface area contributed by atoms with Gasteiger partial charge in [0.2, 0.25) is 9.84 Å². The van der Waals surface area contributed by atoms with Crippen molar-refractivity contribution in [2.24, 2.45) is 0 Å². The lowest BCUT2D eigenvalue weighted by atomic mass is 10.0. The van der Waals surface area contributed by atoms with Gasteiger partial charge in [-0.05, 0) is 66.1 Å². The van der Waals surface area contributed by atoms with Crippen LogP contribution in [-0.4, -0.2) is 13.5 Å². The number of phenolic OH excluding ortho intramolecular Hbond substituents is 1. The topological polar surface area (TPSA) is 54.4 Å². The number of aryl methyl sites for hydroxylation is 3. The number of rotatable bonds is 5. The molecule has 3 aromatic rings. The predicted octanol–water partition coefficient (Wildman–Crippen LogP) is 9.70. The standard InChI is InChI=1S/C16H14I4O2S.C10H14O/c1-9-5-3-7-11(15(17)18)13(9)23(21,22)14-10(2)6-4-8-12(14)16(19)20;1-7(2)9-5-4-8(3)6-10(9)11/h3-8,15-16H,1-2H3;4-7,11H,1-3H3. The zero-order chi connectivity index (χ0) is 25.8. The molecule has 1 N–H and O–H groups in total. The molecule has 0 radical (unpaired) electrons. The monoisotopic (exact) mass is 928 g/mol. The van der Waals surface area contributed by atoms with Gasteiger partial charge in [0, 0.05) is 0 Å². The van der Waals surface area contributed by atoms with E-state index in [1.807, 2.05) is 69.3 Å². The summed E-state index contributed by atoms with van der Waals surface area (Å²) >= 11 is 9.04. The summed E-state index contributed by atoms with van der Waals surface area (Å²) < 4.78 is 27.2. The molecule has 184 valence electrons. The summed E-state index contributed by atoms with van der Waals surface area (Å²) in [6.07, 6.45) is 0. The Balaban J connectivity index is 0.000000310. The maximum absolute atomic E-state index is 13.5. The third-order valence-electron chi connectivity index (χ3n) is 5.30. The van der Waals surface area contributed by atoms with Crippen LogP contribution < -0.4 is 0 Å². The van der Waals surface area contributed by atoms with Crippen molar-refractivity contribution in [2.75, 3.05) is 0 Å². The van der Waals surface area contributed by atoms with Gasteiger partial charge in [-0.3, -0.25) is 0 Å². The highest BCUT2D eigenvalue weighted by molar-refractivity contribution is 14.2. The zero-order valence-electron chi connectivity index (χ0n) is 19.6. The normalized spacial score (nSPS) is 11.6. The summed E-state index contributed by atoms with van der Waals surface area (Å²) in [7, 11) is -3.57. The van der Waals surface area contributed by atoms with E-state index in [9.17, 15) is 13.5 Å². The van der Waals surface area contributed by atoms with E-state index in [1.165, 1.54) is 0 Å². The third-order valence-corrected chi connectivity index (χ3v) is 10.2. The Morgan fingerprint density at radius 2 is 1.15 bits per heavy atom. The summed E-state index contributed by atoms with van der Waals surface area (Å²) in [6.45, 7) is 9.86. The largest absolute Gasteiger partial charge is 0.508 e. The van der Waals surface area contributed by atoms with Crippen LogP contribution >= 0.6 is 90.4 Å². The van der Waals surface area contributed by atoms with Crippen molar-refractivity contribution in [3.05, 3.63) is 88.0 Å². The van der Waals surface area contributed by atoms with Crippen LogP contribution in [-0.2, 0) is 9.84 Å². The van der Waals surface area contributed by atoms with Gasteiger partial charge in [0.15, 0.2) is 0 Å². The third kappa shape index (κ3) is 7.44. The highest BCUT2D eigenvalue weighted by Crippen LogP contribution is 2.43. The van der Waals surface area contributed by atoms with Gasteiger partial charge >= 0.3 is 0 Å². The second kappa shape index (κ2) is 13.2. The lowest BCUT2D eigenvalue weighted by Crippen LogP contribution is -2.12. The highest BCUT2D eigenvalue weighted by atomic mass is 127. The first-order valence-electron chi connectivity index (χ1n) is 10.6. The van der Waals surface area contributed by atoms with E-state index in [2.05, 4.69) is 104 Å². The Hall–Kier alpha value is 0.330. The molecular formula is C26H28I4O3S. The molecule has 0 aliphatic rings. The van der Waals surface area contributed by atoms with Crippen molar-refractivity contribution in [3.8, 4) is 5.75 Å². The molecule has 0 heterocycles. The Morgan fingerprint density at radius 1 is 0.706 bits per heavy atom. The molecule has 0 bridgehead atoms. The molecule has 0 saturated carbocycles. The van der Waals surface area contributed by atoms with Crippen LogP contribution in [0.1, 0.15) is 57.0 Å². The van der Waals surface area contributed by atoms with Crippen molar-refractivity contribution in [2.45, 2.75) is 54.2 Å². The van der Waals surface area contributed by atoms with E-state index in [0.717, 1.165) is 33.4 Å². The Kier molecular flexibility index (Phi) is 11.9. The van der Waals surface area contributed by atoms with E-state index in [-0.39, 0.29) is 3.86 Å².